The van der Waals surface area contributed by atoms with Crippen molar-refractivity contribution in [3.63, 3.8) is 0 Å². The van der Waals surface area contributed by atoms with E-state index in [0.29, 0.717) is 5.88 Å². The number of nitrogens with one attached hydrogen (secondary N) is 1. The van der Waals surface area contributed by atoms with E-state index >= 15 is 0 Å². The van der Waals surface area contributed by atoms with Crippen LogP contribution in [0.1, 0.15) is 26.5 Å². The van der Waals surface area contributed by atoms with Crippen molar-refractivity contribution in [1.29, 1.82) is 0 Å². The summed E-state index contributed by atoms with van der Waals surface area (Å²) in [5.41, 5.74) is 1.54. The third-order valence-electron chi connectivity index (χ3n) is 3.33. The second-order valence-corrected chi connectivity index (χ2v) is 6.00. The summed E-state index contributed by atoms with van der Waals surface area (Å²) < 4.78 is 6.73. The lowest BCUT2D eigenvalue weighted by Gasteiger charge is -2.12. The molecule has 0 radical (unpaired) electrons. The molecule has 1 aromatic carbocycles. The summed E-state index contributed by atoms with van der Waals surface area (Å²) in [7, 11) is 0. The Hall–Kier alpha value is -2.56. The highest BCUT2D eigenvalue weighted by Crippen LogP contribution is 2.24. The van der Waals surface area contributed by atoms with Crippen LogP contribution in [-0.2, 0) is 5.41 Å². The molecule has 0 aliphatic heterocycles. The molecule has 0 saturated carbocycles. The lowest BCUT2D eigenvalue weighted by atomic mass is 9.92. The van der Waals surface area contributed by atoms with Crippen molar-refractivity contribution >= 4 is 22.8 Å². The number of carbonyl (C=O) groups is 1. The minimum atomic E-state index is -0.271. The van der Waals surface area contributed by atoms with Crippen LogP contribution in [0.25, 0.3) is 10.9 Å². The molecule has 0 bridgehead atoms. The normalized spacial score (nSPS) is 11.8. The van der Waals surface area contributed by atoms with E-state index in [1.165, 1.54) is 0 Å². The number of carbonyl (C=O) groups excluding carboxylic acids is 1. The molecule has 0 fully saturated rings. The van der Waals surface area contributed by atoms with Crippen LogP contribution in [0.3, 0.4) is 0 Å². The molecule has 5 nitrogen and oxygen atoms in total. The Balaban J connectivity index is 1.85. The zero-order valence-corrected chi connectivity index (χ0v) is 12.3. The molecule has 2 aromatic heterocycles. The average Bonchev–Trinajstić information content (AvgIpc) is 3.03. The third kappa shape index (κ3) is 2.54. The summed E-state index contributed by atoms with van der Waals surface area (Å²) in [6, 6.07) is 11.1. The van der Waals surface area contributed by atoms with Gasteiger partial charge in [0.2, 0.25) is 5.88 Å². The molecule has 0 aliphatic rings. The molecule has 21 heavy (non-hydrogen) atoms. The molecule has 1 amide bonds. The van der Waals surface area contributed by atoms with Gasteiger partial charge in [0.15, 0.2) is 0 Å². The summed E-state index contributed by atoms with van der Waals surface area (Å²) in [5.74, 6) is 0.350. The first kappa shape index (κ1) is 13.4. The van der Waals surface area contributed by atoms with Gasteiger partial charge in [-0.2, -0.15) is 0 Å². The molecule has 0 aliphatic carbocycles. The number of benzene rings is 1. The lowest BCUT2D eigenvalue weighted by molar-refractivity contribution is 0.253. The number of fused-ring (bicyclic) bond motifs is 1. The fourth-order valence-electron chi connectivity index (χ4n) is 2.11. The molecular formula is C16H17N3O2. The zero-order valence-electron chi connectivity index (χ0n) is 12.3. The average molecular weight is 283 g/mol. The van der Waals surface area contributed by atoms with Crippen molar-refractivity contribution in [2.24, 2.45) is 0 Å². The fraction of sp³-hybridized carbons (Fsp3) is 0.250. The van der Waals surface area contributed by atoms with Gasteiger partial charge in [-0.1, -0.05) is 44.1 Å². The van der Waals surface area contributed by atoms with Crippen molar-refractivity contribution < 1.29 is 9.32 Å². The van der Waals surface area contributed by atoms with Crippen LogP contribution in [0.4, 0.5) is 10.7 Å². The Labute approximate surface area is 122 Å². The maximum Gasteiger partial charge on any atom is 0.332 e. The first-order valence-corrected chi connectivity index (χ1v) is 6.80. The Morgan fingerprint density at radius 1 is 1.24 bits per heavy atom. The van der Waals surface area contributed by atoms with E-state index in [-0.39, 0.29) is 11.4 Å². The van der Waals surface area contributed by atoms with Gasteiger partial charge < -0.3 is 4.52 Å². The topological polar surface area (TPSA) is 60.1 Å². The van der Waals surface area contributed by atoms with Gasteiger partial charge in [-0.05, 0) is 12.1 Å². The summed E-state index contributed by atoms with van der Waals surface area (Å²) in [6.45, 7) is 6.11. The molecule has 108 valence electrons. The van der Waals surface area contributed by atoms with Crippen molar-refractivity contribution in [2.45, 2.75) is 26.2 Å². The van der Waals surface area contributed by atoms with E-state index in [9.17, 15) is 4.79 Å². The van der Waals surface area contributed by atoms with Crippen LogP contribution in [0.2, 0.25) is 0 Å². The zero-order chi connectivity index (χ0) is 15.0. The second-order valence-electron chi connectivity index (χ2n) is 6.00. The number of nitrogens with zero attached hydrogens (tertiary/aromatic N) is 2. The van der Waals surface area contributed by atoms with Crippen LogP contribution in [-0.4, -0.2) is 15.8 Å². The fourth-order valence-corrected chi connectivity index (χ4v) is 2.11. The number of para-hydroxylation sites is 1. The van der Waals surface area contributed by atoms with Gasteiger partial charge >= 0.3 is 6.03 Å². The van der Waals surface area contributed by atoms with Crippen LogP contribution in [0, 0.1) is 0 Å². The van der Waals surface area contributed by atoms with E-state index in [1.54, 1.807) is 16.8 Å². The largest absolute Gasteiger partial charge is 0.338 e. The lowest BCUT2D eigenvalue weighted by Crippen LogP contribution is -2.18. The highest BCUT2D eigenvalue weighted by molar-refractivity contribution is 5.97. The number of rotatable bonds is 1. The molecule has 3 rings (SSSR count). The number of amides is 1. The molecule has 0 spiro atoms. The van der Waals surface area contributed by atoms with Gasteiger partial charge in [0.05, 0.1) is 11.2 Å². The van der Waals surface area contributed by atoms with Crippen LogP contribution in [0.5, 0.6) is 0 Å². The predicted molar refractivity (Wildman–Crippen MR) is 81.6 cm³/mol. The molecule has 0 unspecified atom stereocenters. The van der Waals surface area contributed by atoms with Gasteiger partial charge in [0.25, 0.3) is 0 Å². The van der Waals surface area contributed by atoms with Crippen molar-refractivity contribution in [3.05, 3.63) is 48.3 Å². The number of anilines is 1. The molecule has 0 atom stereocenters. The van der Waals surface area contributed by atoms with E-state index in [1.807, 2.05) is 51.1 Å². The summed E-state index contributed by atoms with van der Waals surface area (Å²) in [6.07, 6.45) is 1.74. The second kappa shape index (κ2) is 4.77. The Kier molecular flexibility index (Phi) is 3.05. The molecular weight excluding hydrogens is 266 g/mol. The Morgan fingerprint density at radius 3 is 2.71 bits per heavy atom. The van der Waals surface area contributed by atoms with Gasteiger partial charge in [0, 0.05) is 23.1 Å². The van der Waals surface area contributed by atoms with Gasteiger partial charge in [-0.25, -0.2) is 4.79 Å². The van der Waals surface area contributed by atoms with Crippen molar-refractivity contribution in [2.75, 3.05) is 5.32 Å². The van der Waals surface area contributed by atoms with E-state index in [0.717, 1.165) is 16.6 Å². The van der Waals surface area contributed by atoms with Crippen molar-refractivity contribution in [3.8, 4) is 0 Å². The Bertz CT molecular complexity index is 793. The summed E-state index contributed by atoms with van der Waals surface area (Å²) >= 11 is 0. The summed E-state index contributed by atoms with van der Waals surface area (Å²) in [4.78, 5) is 12.3. The molecule has 0 saturated heterocycles. The predicted octanol–water partition coefficient (Wildman–Crippen LogP) is 4.01. The Morgan fingerprint density at radius 2 is 2.00 bits per heavy atom. The summed E-state index contributed by atoms with van der Waals surface area (Å²) in [5, 5.41) is 7.72. The van der Waals surface area contributed by atoms with E-state index in [2.05, 4.69) is 10.5 Å². The minimum absolute atomic E-state index is 0.118. The maximum atomic E-state index is 12.3. The van der Waals surface area contributed by atoms with E-state index < -0.39 is 0 Å². The molecule has 1 N–H and O–H groups in total. The smallest absolute Gasteiger partial charge is 0.332 e. The third-order valence-corrected chi connectivity index (χ3v) is 3.33. The monoisotopic (exact) mass is 283 g/mol. The number of hydrogen-bond acceptors (Lipinski definition) is 3. The SMILES string of the molecule is CC(C)(C)c1cc(NC(=O)n2ccc3ccccc32)on1. The number of hydrogen-bond donors (Lipinski definition) is 1. The van der Waals surface area contributed by atoms with Gasteiger partial charge in [-0.15, -0.1) is 0 Å². The van der Waals surface area contributed by atoms with Crippen LogP contribution >= 0.6 is 0 Å². The maximum absolute atomic E-state index is 12.3. The first-order valence-electron chi connectivity index (χ1n) is 6.80. The van der Waals surface area contributed by atoms with Gasteiger partial charge in [0.1, 0.15) is 0 Å². The van der Waals surface area contributed by atoms with Crippen molar-refractivity contribution in [1.82, 2.24) is 9.72 Å². The first-order chi connectivity index (χ1) is 9.95. The molecule has 3 aromatic rings. The minimum Gasteiger partial charge on any atom is -0.338 e. The molecule has 5 heteroatoms. The highest BCUT2D eigenvalue weighted by atomic mass is 16.5. The standard InChI is InChI=1S/C16H17N3O2/c1-16(2,3)13-10-14(21-18-13)17-15(20)19-9-8-11-6-4-5-7-12(11)19/h4-10H,1-3H3,(H,17,20). The van der Waals surface area contributed by atoms with Crippen LogP contribution < -0.4 is 5.32 Å². The molecule has 2 heterocycles. The quantitative estimate of drug-likeness (QED) is 0.734. The van der Waals surface area contributed by atoms with Gasteiger partial charge in [-0.3, -0.25) is 9.88 Å². The highest BCUT2D eigenvalue weighted by Gasteiger charge is 2.20. The van der Waals surface area contributed by atoms with E-state index in [4.69, 9.17) is 4.52 Å². The van der Waals surface area contributed by atoms with Crippen LogP contribution in [0.15, 0.2) is 47.1 Å². The number of aromatic nitrogens is 2.